The molecule has 0 radical (unpaired) electrons. The minimum atomic E-state index is 0.631. The van der Waals surface area contributed by atoms with Crippen molar-refractivity contribution in [3.8, 4) is 0 Å². The Hall–Kier alpha value is -1.09. The molecule has 1 atom stereocenters. The van der Waals surface area contributed by atoms with Crippen molar-refractivity contribution in [3.05, 3.63) is 23.9 Å². The molecule has 1 saturated heterocycles. The average molecular weight is 233 g/mol. The number of hydrogen-bond acceptors (Lipinski definition) is 3. The molecule has 0 bridgehead atoms. The molecule has 94 valence electrons. The summed E-state index contributed by atoms with van der Waals surface area (Å²) in [5.74, 6) is 1.13. The Balaban J connectivity index is 1.97. The summed E-state index contributed by atoms with van der Waals surface area (Å²) in [6, 6.07) is 4.87. The van der Waals surface area contributed by atoms with Crippen molar-refractivity contribution in [2.75, 3.05) is 24.5 Å². The van der Waals surface area contributed by atoms with Crippen LogP contribution in [0.5, 0.6) is 0 Å². The summed E-state index contributed by atoms with van der Waals surface area (Å²) in [6.07, 6.45) is 5.67. The fourth-order valence-electron chi connectivity index (χ4n) is 2.39. The Kier molecular flexibility index (Phi) is 4.37. The van der Waals surface area contributed by atoms with E-state index in [0.717, 1.165) is 25.5 Å². The molecule has 3 heteroatoms. The van der Waals surface area contributed by atoms with Crippen molar-refractivity contribution >= 4 is 5.82 Å². The molecular formula is C14H23N3. The maximum absolute atomic E-state index is 4.48. The molecule has 1 N–H and O–H groups in total. The van der Waals surface area contributed by atoms with Crippen molar-refractivity contribution < 1.29 is 0 Å². The van der Waals surface area contributed by atoms with Crippen molar-refractivity contribution in [2.24, 2.45) is 0 Å². The molecule has 0 aromatic carbocycles. The van der Waals surface area contributed by atoms with E-state index in [1.165, 1.54) is 24.8 Å². The number of aromatic nitrogens is 1. The van der Waals surface area contributed by atoms with Gasteiger partial charge in [-0.1, -0.05) is 6.92 Å². The van der Waals surface area contributed by atoms with Gasteiger partial charge in [0, 0.05) is 25.3 Å². The molecule has 3 nitrogen and oxygen atoms in total. The third-order valence-electron chi connectivity index (χ3n) is 3.33. The first-order valence-corrected chi connectivity index (χ1v) is 6.70. The number of hydrogen-bond donors (Lipinski definition) is 1. The molecule has 1 aliphatic heterocycles. The molecule has 2 rings (SSSR count). The number of anilines is 1. The van der Waals surface area contributed by atoms with E-state index in [2.05, 4.69) is 41.2 Å². The van der Waals surface area contributed by atoms with E-state index in [4.69, 9.17) is 0 Å². The van der Waals surface area contributed by atoms with Gasteiger partial charge in [-0.3, -0.25) is 0 Å². The first kappa shape index (κ1) is 12.4. The van der Waals surface area contributed by atoms with Crippen LogP contribution in [0.4, 0.5) is 5.82 Å². The lowest BCUT2D eigenvalue weighted by atomic mass is 10.1. The van der Waals surface area contributed by atoms with Crippen molar-refractivity contribution in [2.45, 2.75) is 39.2 Å². The summed E-state index contributed by atoms with van der Waals surface area (Å²) < 4.78 is 0. The van der Waals surface area contributed by atoms with Crippen LogP contribution in [0.3, 0.4) is 0 Å². The molecule has 0 spiro atoms. The second kappa shape index (κ2) is 6.01. The second-order valence-corrected chi connectivity index (χ2v) is 4.93. The molecule has 1 aromatic rings. The zero-order valence-electron chi connectivity index (χ0n) is 10.9. The SMILES string of the molecule is CCCNC1CCCN(c2cc(C)ccn2)C1. The predicted molar refractivity (Wildman–Crippen MR) is 72.5 cm³/mol. The van der Waals surface area contributed by atoms with Gasteiger partial charge in [0.15, 0.2) is 0 Å². The van der Waals surface area contributed by atoms with Crippen LogP contribution in [-0.4, -0.2) is 30.7 Å². The molecule has 2 heterocycles. The van der Waals surface area contributed by atoms with Crippen LogP contribution >= 0.6 is 0 Å². The van der Waals surface area contributed by atoms with Gasteiger partial charge in [-0.25, -0.2) is 4.98 Å². The highest BCUT2D eigenvalue weighted by atomic mass is 15.2. The maximum atomic E-state index is 4.48. The number of piperidine rings is 1. The van der Waals surface area contributed by atoms with Crippen LogP contribution in [0.25, 0.3) is 0 Å². The van der Waals surface area contributed by atoms with Crippen molar-refractivity contribution in [1.29, 1.82) is 0 Å². The second-order valence-electron chi connectivity index (χ2n) is 4.93. The van der Waals surface area contributed by atoms with Gasteiger partial charge in [0.1, 0.15) is 5.82 Å². The van der Waals surface area contributed by atoms with E-state index in [1.54, 1.807) is 0 Å². The first-order chi connectivity index (χ1) is 8.29. The van der Waals surface area contributed by atoms with Gasteiger partial charge in [0.05, 0.1) is 0 Å². The standard InChI is InChI=1S/C14H23N3/c1-3-7-15-13-5-4-9-17(11-13)14-10-12(2)6-8-16-14/h6,8,10,13,15H,3-5,7,9,11H2,1-2H3. The van der Waals surface area contributed by atoms with Gasteiger partial charge in [-0.05, 0) is 50.4 Å². The summed E-state index contributed by atoms with van der Waals surface area (Å²) in [5, 5.41) is 3.62. The summed E-state index contributed by atoms with van der Waals surface area (Å²) in [4.78, 5) is 6.88. The van der Waals surface area contributed by atoms with Gasteiger partial charge >= 0.3 is 0 Å². The molecule has 17 heavy (non-hydrogen) atoms. The summed E-state index contributed by atoms with van der Waals surface area (Å²) in [6.45, 7) is 7.70. The lowest BCUT2D eigenvalue weighted by molar-refractivity contribution is 0.422. The van der Waals surface area contributed by atoms with E-state index in [1.807, 2.05) is 6.20 Å². The zero-order valence-corrected chi connectivity index (χ0v) is 10.9. The molecule has 1 unspecified atom stereocenters. The topological polar surface area (TPSA) is 28.2 Å². The lowest BCUT2D eigenvalue weighted by Crippen LogP contribution is -2.46. The Labute approximate surface area is 104 Å². The number of pyridine rings is 1. The molecular weight excluding hydrogens is 210 g/mol. The zero-order chi connectivity index (χ0) is 12.1. The minimum absolute atomic E-state index is 0.631. The van der Waals surface area contributed by atoms with Gasteiger partial charge in [0.25, 0.3) is 0 Å². The van der Waals surface area contributed by atoms with E-state index < -0.39 is 0 Å². The summed E-state index contributed by atoms with van der Waals surface area (Å²) >= 11 is 0. The van der Waals surface area contributed by atoms with Gasteiger partial charge in [-0.2, -0.15) is 0 Å². The third kappa shape index (κ3) is 3.43. The van der Waals surface area contributed by atoms with Crippen molar-refractivity contribution in [3.63, 3.8) is 0 Å². The number of rotatable bonds is 4. The number of nitrogens with one attached hydrogen (secondary N) is 1. The summed E-state index contributed by atoms with van der Waals surface area (Å²) in [5.41, 5.74) is 1.29. The maximum Gasteiger partial charge on any atom is 0.128 e. The van der Waals surface area contributed by atoms with Crippen LogP contribution in [0.2, 0.25) is 0 Å². The predicted octanol–water partition coefficient (Wildman–Crippen LogP) is 2.36. The highest BCUT2D eigenvalue weighted by molar-refractivity contribution is 5.41. The highest BCUT2D eigenvalue weighted by Gasteiger charge is 2.19. The monoisotopic (exact) mass is 233 g/mol. The summed E-state index contributed by atoms with van der Waals surface area (Å²) in [7, 11) is 0. The Morgan fingerprint density at radius 1 is 1.53 bits per heavy atom. The van der Waals surface area contributed by atoms with Crippen LogP contribution in [0.1, 0.15) is 31.7 Å². The molecule has 0 amide bonds. The Morgan fingerprint density at radius 3 is 3.18 bits per heavy atom. The molecule has 1 aliphatic rings. The lowest BCUT2D eigenvalue weighted by Gasteiger charge is -2.34. The van der Waals surface area contributed by atoms with E-state index in [9.17, 15) is 0 Å². The smallest absolute Gasteiger partial charge is 0.128 e. The molecule has 0 saturated carbocycles. The van der Waals surface area contributed by atoms with Crippen molar-refractivity contribution in [1.82, 2.24) is 10.3 Å². The third-order valence-corrected chi connectivity index (χ3v) is 3.33. The molecule has 1 aromatic heterocycles. The largest absolute Gasteiger partial charge is 0.355 e. The minimum Gasteiger partial charge on any atom is -0.355 e. The van der Waals surface area contributed by atoms with Crippen LogP contribution in [0.15, 0.2) is 18.3 Å². The fourth-order valence-corrected chi connectivity index (χ4v) is 2.39. The first-order valence-electron chi connectivity index (χ1n) is 6.70. The average Bonchev–Trinajstić information content (AvgIpc) is 2.37. The van der Waals surface area contributed by atoms with E-state index >= 15 is 0 Å². The van der Waals surface area contributed by atoms with Gasteiger partial charge < -0.3 is 10.2 Å². The number of nitrogens with zero attached hydrogens (tertiary/aromatic N) is 2. The molecule has 1 fully saturated rings. The fraction of sp³-hybridized carbons (Fsp3) is 0.643. The normalized spacial score (nSPS) is 20.6. The van der Waals surface area contributed by atoms with Gasteiger partial charge in [-0.15, -0.1) is 0 Å². The Bertz CT molecular complexity index is 351. The molecule has 0 aliphatic carbocycles. The Morgan fingerprint density at radius 2 is 2.41 bits per heavy atom. The van der Waals surface area contributed by atoms with E-state index in [0.29, 0.717) is 6.04 Å². The number of aryl methyl sites for hydroxylation is 1. The quantitative estimate of drug-likeness (QED) is 0.865. The van der Waals surface area contributed by atoms with Crippen LogP contribution < -0.4 is 10.2 Å². The van der Waals surface area contributed by atoms with Gasteiger partial charge in [0.2, 0.25) is 0 Å². The van der Waals surface area contributed by atoms with E-state index in [-0.39, 0.29) is 0 Å². The van der Waals surface area contributed by atoms with Crippen LogP contribution in [0, 0.1) is 6.92 Å². The highest BCUT2D eigenvalue weighted by Crippen LogP contribution is 2.18. The van der Waals surface area contributed by atoms with Crippen LogP contribution in [-0.2, 0) is 0 Å².